The number of thioether (sulfide) groups is 1. The van der Waals surface area contributed by atoms with Gasteiger partial charge in [0.25, 0.3) is 5.69 Å². The summed E-state index contributed by atoms with van der Waals surface area (Å²) in [5.74, 6) is -0.271. The van der Waals surface area contributed by atoms with Gasteiger partial charge in [-0.3, -0.25) is 14.9 Å². The number of anilines is 1. The summed E-state index contributed by atoms with van der Waals surface area (Å²) >= 11 is 1.41. The average Bonchev–Trinajstić information content (AvgIpc) is 2.96. The van der Waals surface area contributed by atoms with Crippen molar-refractivity contribution in [3.8, 4) is 0 Å². The summed E-state index contributed by atoms with van der Waals surface area (Å²) < 4.78 is 2.29. The average molecular weight is 403 g/mol. The Bertz CT molecular complexity index is 874. The molecule has 2 aromatic rings. The molecule has 0 radical (unpaired) electrons. The van der Waals surface area contributed by atoms with Crippen LogP contribution in [0.5, 0.6) is 0 Å². The number of nitrogens with one attached hydrogen (secondary N) is 1. The van der Waals surface area contributed by atoms with Crippen LogP contribution in [0.25, 0.3) is 0 Å². The number of benzene rings is 1. The maximum absolute atomic E-state index is 12.7. The summed E-state index contributed by atoms with van der Waals surface area (Å²) in [4.78, 5) is 28.0. The zero-order valence-electron chi connectivity index (χ0n) is 16.5. The van der Waals surface area contributed by atoms with E-state index in [1.165, 1.54) is 37.1 Å². The van der Waals surface area contributed by atoms with E-state index in [0.717, 1.165) is 29.4 Å². The maximum atomic E-state index is 12.7. The molecule has 1 aliphatic rings. The van der Waals surface area contributed by atoms with Crippen molar-refractivity contribution in [3.63, 3.8) is 0 Å². The molecular weight excluding hydrogens is 376 g/mol. The number of nitro groups is 1. The number of nitro benzene ring substituents is 1. The molecule has 1 aliphatic carbocycles. The molecule has 8 heteroatoms. The minimum absolute atomic E-state index is 0.108. The molecule has 150 valence electrons. The lowest BCUT2D eigenvalue weighted by Gasteiger charge is -2.26. The van der Waals surface area contributed by atoms with Gasteiger partial charge >= 0.3 is 0 Å². The molecule has 1 N–H and O–H groups in total. The molecule has 1 unspecified atom stereocenters. The van der Waals surface area contributed by atoms with Gasteiger partial charge in [-0.15, -0.1) is 0 Å². The van der Waals surface area contributed by atoms with Crippen LogP contribution in [0, 0.1) is 24.0 Å². The molecule has 1 aromatic heterocycles. The third-order valence-electron chi connectivity index (χ3n) is 5.30. The number of aromatic nitrogens is 2. The van der Waals surface area contributed by atoms with E-state index in [9.17, 15) is 14.9 Å². The Morgan fingerprint density at radius 2 is 1.96 bits per heavy atom. The van der Waals surface area contributed by atoms with Crippen LogP contribution in [0.3, 0.4) is 0 Å². The van der Waals surface area contributed by atoms with Crippen LogP contribution >= 0.6 is 11.8 Å². The molecule has 1 atom stereocenters. The molecule has 0 aliphatic heterocycles. The molecule has 1 aromatic carbocycles. The summed E-state index contributed by atoms with van der Waals surface area (Å²) in [7, 11) is 0. The van der Waals surface area contributed by atoms with E-state index >= 15 is 0 Å². The first kappa shape index (κ1) is 20.4. The highest BCUT2D eigenvalue weighted by molar-refractivity contribution is 8.00. The number of aryl methyl sites for hydroxylation is 1. The van der Waals surface area contributed by atoms with Crippen molar-refractivity contribution in [3.05, 3.63) is 45.8 Å². The van der Waals surface area contributed by atoms with Crippen molar-refractivity contribution in [2.75, 3.05) is 5.32 Å². The molecular formula is C20H26N4O3S. The van der Waals surface area contributed by atoms with Crippen molar-refractivity contribution in [1.82, 2.24) is 9.55 Å². The lowest BCUT2D eigenvalue weighted by molar-refractivity contribution is -0.383. The standard InChI is InChI=1S/C20H26N4O3S/c1-13-14(2)23(16-9-5-4-6-10-16)20(21-13)28-15(3)19(25)22-17-11-7-8-12-18(17)24(26)27/h7-8,11-12,15-16H,4-6,9-10H2,1-3H3,(H,22,25). The highest BCUT2D eigenvalue weighted by Gasteiger charge is 2.26. The van der Waals surface area contributed by atoms with Crippen molar-refractivity contribution < 1.29 is 9.72 Å². The third-order valence-corrected chi connectivity index (χ3v) is 6.37. The summed E-state index contributed by atoms with van der Waals surface area (Å²) in [5.41, 5.74) is 2.25. The predicted octanol–water partition coefficient (Wildman–Crippen LogP) is 5.03. The predicted molar refractivity (Wildman–Crippen MR) is 111 cm³/mol. The number of nitrogens with zero attached hydrogens (tertiary/aromatic N) is 3. The van der Waals surface area contributed by atoms with Gasteiger partial charge in [-0.05, 0) is 39.7 Å². The van der Waals surface area contributed by atoms with Crippen molar-refractivity contribution in [1.29, 1.82) is 0 Å². The fourth-order valence-electron chi connectivity index (χ4n) is 3.63. The van der Waals surface area contributed by atoms with Crippen molar-refractivity contribution in [2.45, 2.75) is 69.3 Å². The SMILES string of the molecule is Cc1nc(SC(C)C(=O)Nc2ccccc2[N+](=O)[O-])n(C2CCCCC2)c1C. The summed E-state index contributed by atoms with van der Waals surface area (Å²) in [6, 6.07) is 6.62. The molecule has 28 heavy (non-hydrogen) atoms. The van der Waals surface area contributed by atoms with Gasteiger partial charge in [-0.2, -0.15) is 0 Å². The Kier molecular flexibility index (Phi) is 6.39. The molecule has 1 heterocycles. The number of para-hydroxylation sites is 2. The molecule has 7 nitrogen and oxygen atoms in total. The van der Waals surface area contributed by atoms with Crippen molar-refractivity contribution >= 4 is 29.0 Å². The molecule has 1 fully saturated rings. The molecule has 1 amide bonds. The van der Waals surface area contributed by atoms with E-state index in [0.29, 0.717) is 6.04 Å². The van der Waals surface area contributed by atoms with Crippen LogP contribution in [0.2, 0.25) is 0 Å². The fourth-order valence-corrected chi connectivity index (χ4v) is 4.70. The number of amides is 1. The Morgan fingerprint density at radius 3 is 2.64 bits per heavy atom. The molecule has 0 bridgehead atoms. The van der Waals surface area contributed by atoms with Gasteiger partial charge in [0.15, 0.2) is 5.16 Å². The Labute approximate surface area is 169 Å². The second-order valence-electron chi connectivity index (χ2n) is 7.25. The van der Waals surface area contributed by atoms with Gasteiger partial charge in [-0.25, -0.2) is 4.98 Å². The van der Waals surface area contributed by atoms with Gasteiger partial charge in [0.05, 0.1) is 15.9 Å². The highest BCUT2D eigenvalue weighted by atomic mass is 32.2. The van der Waals surface area contributed by atoms with Gasteiger partial charge in [0.1, 0.15) is 5.69 Å². The first-order valence-corrected chi connectivity index (χ1v) is 10.5. The quantitative estimate of drug-likeness (QED) is 0.416. The number of carbonyl (C=O) groups excluding carboxylic acids is 1. The van der Waals surface area contributed by atoms with E-state index in [2.05, 4.69) is 16.8 Å². The fraction of sp³-hybridized carbons (Fsp3) is 0.500. The van der Waals surface area contributed by atoms with Crippen LogP contribution in [0.1, 0.15) is 56.5 Å². The highest BCUT2D eigenvalue weighted by Crippen LogP contribution is 2.35. The van der Waals surface area contributed by atoms with Crippen LogP contribution in [-0.4, -0.2) is 25.6 Å². The lowest BCUT2D eigenvalue weighted by Crippen LogP contribution is -2.24. The second-order valence-corrected chi connectivity index (χ2v) is 8.56. The van der Waals surface area contributed by atoms with Crippen molar-refractivity contribution in [2.24, 2.45) is 0 Å². The zero-order chi connectivity index (χ0) is 20.3. The van der Waals surface area contributed by atoms with E-state index in [1.807, 2.05) is 6.92 Å². The lowest BCUT2D eigenvalue weighted by atomic mass is 9.95. The number of hydrogen-bond donors (Lipinski definition) is 1. The second kappa shape index (κ2) is 8.77. The zero-order valence-corrected chi connectivity index (χ0v) is 17.3. The van der Waals surface area contributed by atoms with Gasteiger partial charge in [-0.1, -0.05) is 43.2 Å². The number of carbonyl (C=O) groups is 1. The monoisotopic (exact) mass is 402 g/mol. The summed E-state index contributed by atoms with van der Waals surface area (Å²) in [6.45, 7) is 5.88. The van der Waals surface area contributed by atoms with Crippen LogP contribution < -0.4 is 5.32 Å². The maximum Gasteiger partial charge on any atom is 0.292 e. The number of rotatable bonds is 6. The largest absolute Gasteiger partial charge is 0.320 e. The van der Waals surface area contributed by atoms with Crippen LogP contribution in [-0.2, 0) is 4.79 Å². The topological polar surface area (TPSA) is 90.1 Å². The van der Waals surface area contributed by atoms with E-state index < -0.39 is 10.2 Å². The summed E-state index contributed by atoms with van der Waals surface area (Å²) in [6.07, 6.45) is 6.00. The Balaban J connectivity index is 1.76. The van der Waals surface area contributed by atoms with E-state index in [1.54, 1.807) is 25.1 Å². The Morgan fingerprint density at radius 1 is 1.29 bits per heavy atom. The van der Waals surface area contributed by atoms with Gasteiger partial charge < -0.3 is 9.88 Å². The number of hydrogen-bond acceptors (Lipinski definition) is 5. The summed E-state index contributed by atoms with van der Waals surface area (Å²) in [5, 5.41) is 14.3. The molecule has 1 saturated carbocycles. The van der Waals surface area contributed by atoms with Crippen LogP contribution in [0.15, 0.2) is 29.4 Å². The number of imidazole rings is 1. The van der Waals surface area contributed by atoms with Gasteiger partial charge in [0.2, 0.25) is 5.91 Å². The minimum Gasteiger partial charge on any atom is -0.320 e. The first-order chi connectivity index (χ1) is 13.4. The van der Waals surface area contributed by atoms with Gasteiger partial charge in [0, 0.05) is 17.8 Å². The Hall–Kier alpha value is -2.35. The van der Waals surface area contributed by atoms with E-state index in [4.69, 9.17) is 4.98 Å². The van der Waals surface area contributed by atoms with Crippen LogP contribution in [0.4, 0.5) is 11.4 Å². The normalized spacial score (nSPS) is 16.0. The molecule has 0 spiro atoms. The smallest absolute Gasteiger partial charge is 0.292 e. The first-order valence-electron chi connectivity index (χ1n) is 9.65. The molecule has 3 rings (SSSR count). The molecule has 0 saturated heterocycles. The third kappa shape index (κ3) is 4.38. The minimum atomic E-state index is -0.490. The van der Waals surface area contributed by atoms with E-state index in [-0.39, 0.29) is 17.3 Å².